The van der Waals surface area contributed by atoms with Crippen LogP contribution in [0, 0.1) is 0 Å². The summed E-state index contributed by atoms with van der Waals surface area (Å²) in [5.41, 5.74) is 15.8. The van der Waals surface area contributed by atoms with Crippen LogP contribution < -0.4 is 4.90 Å². The lowest BCUT2D eigenvalue weighted by molar-refractivity contribution is 0.104. The molecule has 0 N–H and O–H groups in total. The van der Waals surface area contributed by atoms with E-state index < -0.39 is 0 Å². The van der Waals surface area contributed by atoms with Crippen LogP contribution >= 0.6 is 0 Å². The molecule has 2 nitrogen and oxygen atoms in total. The third-order valence-electron chi connectivity index (χ3n) is 10.6. The fourth-order valence-corrected chi connectivity index (χ4v) is 7.66. The molecule has 0 spiro atoms. The lowest BCUT2D eigenvalue weighted by Gasteiger charge is -2.26. The molecule has 0 aliphatic heterocycles. The van der Waals surface area contributed by atoms with Gasteiger partial charge in [0, 0.05) is 33.8 Å². The summed E-state index contributed by atoms with van der Waals surface area (Å²) in [4.78, 5) is 16.8. The number of para-hydroxylation sites is 2. The number of anilines is 3. The zero-order chi connectivity index (χ0) is 36.9. The Balaban J connectivity index is 1.38. The van der Waals surface area contributed by atoms with Crippen molar-refractivity contribution in [3.63, 3.8) is 0 Å². The maximum atomic E-state index is 14.5. The molecule has 0 unspecified atom stereocenters. The van der Waals surface area contributed by atoms with E-state index in [0.717, 1.165) is 72.7 Å². The predicted octanol–water partition coefficient (Wildman–Crippen LogP) is 14.0. The molecule has 7 aromatic rings. The maximum Gasteiger partial charge on any atom is 0.194 e. The van der Waals surface area contributed by atoms with Crippen LogP contribution in [-0.2, 0) is 10.8 Å². The molecule has 0 aromatic heterocycles. The number of hydrogen-bond acceptors (Lipinski definition) is 2. The molecule has 0 bridgehead atoms. The van der Waals surface area contributed by atoms with E-state index >= 15 is 0 Å². The van der Waals surface area contributed by atoms with Crippen LogP contribution in [0.3, 0.4) is 0 Å². The highest BCUT2D eigenvalue weighted by Gasteiger charge is 2.34. The summed E-state index contributed by atoms with van der Waals surface area (Å²) in [6.07, 6.45) is 0. The van der Waals surface area contributed by atoms with Crippen LogP contribution in [-0.4, -0.2) is 5.78 Å². The molecule has 0 fully saturated rings. The van der Waals surface area contributed by atoms with E-state index in [9.17, 15) is 4.79 Å². The van der Waals surface area contributed by atoms with Gasteiger partial charge in [0.2, 0.25) is 0 Å². The minimum absolute atomic E-state index is 0.0220. The van der Waals surface area contributed by atoms with Crippen molar-refractivity contribution >= 4 is 22.8 Å². The molecule has 7 aromatic carbocycles. The zero-order valence-corrected chi connectivity index (χ0v) is 31.4. The number of fused-ring (bicyclic) bond motifs is 3. The Kier molecular flexibility index (Phi) is 8.50. The van der Waals surface area contributed by atoms with Crippen LogP contribution in [0.5, 0.6) is 0 Å². The summed E-state index contributed by atoms with van der Waals surface area (Å²) in [7, 11) is 0. The first kappa shape index (κ1) is 34.1. The summed E-state index contributed by atoms with van der Waals surface area (Å²) in [5, 5.41) is 0. The highest BCUT2D eigenvalue weighted by Crippen LogP contribution is 2.51. The molecule has 2 heteroatoms. The van der Waals surface area contributed by atoms with E-state index in [-0.39, 0.29) is 16.6 Å². The van der Waals surface area contributed by atoms with E-state index in [1.807, 2.05) is 12.1 Å². The Labute approximate surface area is 314 Å². The minimum atomic E-state index is 0.0220. The Bertz CT molecular complexity index is 2390. The first-order valence-electron chi connectivity index (χ1n) is 18.6. The lowest BCUT2D eigenvalue weighted by Crippen LogP contribution is -2.10. The van der Waals surface area contributed by atoms with E-state index in [1.54, 1.807) is 0 Å². The van der Waals surface area contributed by atoms with E-state index in [0.29, 0.717) is 0 Å². The van der Waals surface area contributed by atoms with Gasteiger partial charge >= 0.3 is 0 Å². The number of rotatable bonds is 6. The molecule has 0 saturated heterocycles. The highest BCUT2D eigenvalue weighted by atomic mass is 16.1. The van der Waals surface area contributed by atoms with Gasteiger partial charge in [-0.2, -0.15) is 0 Å². The highest BCUT2D eigenvalue weighted by molar-refractivity contribution is 6.28. The summed E-state index contributed by atoms with van der Waals surface area (Å²) < 4.78 is 0. The van der Waals surface area contributed by atoms with Gasteiger partial charge in [-0.15, -0.1) is 0 Å². The van der Waals surface area contributed by atoms with Crippen LogP contribution in [0.15, 0.2) is 164 Å². The van der Waals surface area contributed by atoms with Gasteiger partial charge in [0.15, 0.2) is 5.78 Å². The quantitative estimate of drug-likeness (QED) is 0.173. The second-order valence-electron chi connectivity index (χ2n) is 16.2. The van der Waals surface area contributed by atoms with Gasteiger partial charge in [0.25, 0.3) is 0 Å². The van der Waals surface area contributed by atoms with Gasteiger partial charge < -0.3 is 4.90 Å². The molecular formula is C51H45NO. The summed E-state index contributed by atoms with van der Waals surface area (Å²) in [6.45, 7) is 13.4. The van der Waals surface area contributed by atoms with Gasteiger partial charge in [-0.3, -0.25) is 4.79 Å². The van der Waals surface area contributed by atoms with Crippen molar-refractivity contribution in [3.05, 3.63) is 186 Å². The van der Waals surface area contributed by atoms with Crippen molar-refractivity contribution in [3.8, 4) is 44.5 Å². The zero-order valence-electron chi connectivity index (χ0n) is 31.4. The molecular weight excluding hydrogens is 643 g/mol. The summed E-state index contributed by atoms with van der Waals surface area (Å²) in [6, 6.07) is 58.1. The normalized spacial score (nSPS) is 12.4. The summed E-state index contributed by atoms with van der Waals surface area (Å²) in [5.74, 6) is 0.0846. The Morgan fingerprint density at radius 1 is 0.358 bits per heavy atom. The van der Waals surface area contributed by atoms with E-state index in [4.69, 9.17) is 0 Å². The van der Waals surface area contributed by atoms with Crippen molar-refractivity contribution in [2.75, 3.05) is 4.90 Å². The Hall–Kier alpha value is -5.99. The standard InChI is InChI=1S/C51H45NO/c1-50(2,3)37-27-21-34(22-28-37)45-33-44(35-25-31-41(32-26-35)52(39-15-9-7-10-16-39)40-17-11-8-12-18-40)46(36-23-29-38(30-24-36)51(4,5)6)47-42-19-13-14-20-43(42)49(53)48(45)47/h7-33H,1-6H3. The van der Waals surface area contributed by atoms with Crippen molar-refractivity contribution in [1.82, 2.24) is 0 Å². The number of nitrogens with zero attached hydrogens (tertiary/aromatic N) is 1. The lowest BCUT2D eigenvalue weighted by atomic mass is 9.81. The number of carbonyl (C=O) groups is 1. The van der Waals surface area contributed by atoms with Gasteiger partial charge in [0.1, 0.15) is 0 Å². The molecule has 1 aliphatic rings. The van der Waals surface area contributed by atoms with Crippen LogP contribution in [0.1, 0.15) is 68.6 Å². The molecule has 0 saturated carbocycles. The largest absolute Gasteiger partial charge is 0.311 e. The number of carbonyl (C=O) groups excluding carboxylic acids is 1. The number of ketones is 1. The first-order chi connectivity index (χ1) is 25.5. The predicted molar refractivity (Wildman–Crippen MR) is 224 cm³/mol. The van der Waals surface area contributed by atoms with E-state index in [2.05, 4.69) is 198 Å². The van der Waals surface area contributed by atoms with Crippen molar-refractivity contribution < 1.29 is 4.79 Å². The van der Waals surface area contributed by atoms with Crippen LogP contribution in [0.2, 0.25) is 0 Å². The Morgan fingerprint density at radius 2 is 0.755 bits per heavy atom. The van der Waals surface area contributed by atoms with Crippen molar-refractivity contribution in [2.24, 2.45) is 0 Å². The monoisotopic (exact) mass is 687 g/mol. The third-order valence-corrected chi connectivity index (χ3v) is 10.6. The molecule has 0 amide bonds. The molecule has 0 atom stereocenters. The van der Waals surface area contributed by atoms with Gasteiger partial charge in [-0.1, -0.05) is 163 Å². The van der Waals surface area contributed by atoms with Crippen LogP contribution in [0.25, 0.3) is 44.5 Å². The molecule has 0 radical (unpaired) electrons. The topological polar surface area (TPSA) is 20.3 Å². The average molecular weight is 688 g/mol. The SMILES string of the molecule is CC(C)(C)c1ccc(-c2cc(-c3ccc(N(c4ccccc4)c4ccccc4)cc3)c(-c3ccc(C(C)(C)C)cc3)c3c2C(=O)c2ccccc2-3)cc1. The molecule has 260 valence electrons. The van der Waals surface area contributed by atoms with E-state index in [1.165, 1.54) is 11.1 Å². The second-order valence-corrected chi connectivity index (χ2v) is 16.2. The molecule has 0 heterocycles. The number of benzene rings is 7. The fraction of sp³-hybridized carbons (Fsp3) is 0.157. The minimum Gasteiger partial charge on any atom is -0.311 e. The van der Waals surface area contributed by atoms with Gasteiger partial charge in [-0.05, 0) is 103 Å². The molecule has 1 aliphatic carbocycles. The number of hydrogen-bond donors (Lipinski definition) is 0. The van der Waals surface area contributed by atoms with Gasteiger partial charge in [0.05, 0.1) is 0 Å². The van der Waals surface area contributed by atoms with Gasteiger partial charge in [-0.25, -0.2) is 0 Å². The van der Waals surface area contributed by atoms with Crippen LogP contribution in [0.4, 0.5) is 17.1 Å². The smallest absolute Gasteiger partial charge is 0.194 e. The van der Waals surface area contributed by atoms with Crippen molar-refractivity contribution in [2.45, 2.75) is 52.4 Å². The molecule has 53 heavy (non-hydrogen) atoms. The molecule has 8 rings (SSSR count). The average Bonchev–Trinajstić information content (AvgIpc) is 3.47. The first-order valence-corrected chi connectivity index (χ1v) is 18.6. The summed E-state index contributed by atoms with van der Waals surface area (Å²) >= 11 is 0. The Morgan fingerprint density at radius 3 is 1.25 bits per heavy atom. The van der Waals surface area contributed by atoms with Crippen molar-refractivity contribution in [1.29, 1.82) is 0 Å². The maximum absolute atomic E-state index is 14.5. The fourth-order valence-electron chi connectivity index (χ4n) is 7.66. The third kappa shape index (κ3) is 6.29. The second kappa shape index (κ2) is 13.2.